The molecule has 3 nitrogen and oxygen atoms in total. The molecule has 19 heavy (non-hydrogen) atoms. The number of hydrogen-bond acceptors (Lipinski definition) is 4. The number of halogens is 1. The summed E-state index contributed by atoms with van der Waals surface area (Å²) in [4.78, 5) is 5.67. The molecule has 1 aromatic heterocycles. The maximum atomic E-state index is 5.83. The highest BCUT2D eigenvalue weighted by molar-refractivity contribution is 7.11. The van der Waals surface area contributed by atoms with Crippen LogP contribution in [-0.2, 0) is 12.5 Å². The van der Waals surface area contributed by atoms with E-state index in [9.17, 15) is 0 Å². The zero-order chi connectivity index (χ0) is 13.8. The molecule has 0 amide bonds. The second-order valence-corrected chi connectivity index (χ2v) is 5.71. The highest BCUT2D eigenvalue weighted by atomic mass is 35.5. The van der Waals surface area contributed by atoms with Crippen LogP contribution < -0.4 is 9.47 Å². The van der Waals surface area contributed by atoms with Gasteiger partial charge in [0.25, 0.3) is 0 Å². The number of methoxy groups -OCH3 is 1. The van der Waals surface area contributed by atoms with Crippen molar-refractivity contribution in [3.63, 3.8) is 0 Å². The van der Waals surface area contributed by atoms with Gasteiger partial charge in [0.05, 0.1) is 12.8 Å². The summed E-state index contributed by atoms with van der Waals surface area (Å²) in [6.45, 7) is 4.51. The Balaban J connectivity index is 2.13. The normalized spacial score (nSPS) is 10.5. The molecule has 0 atom stereocenters. The minimum absolute atomic E-state index is 0.446. The zero-order valence-electron chi connectivity index (χ0n) is 11.2. The quantitative estimate of drug-likeness (QED) is 0.779. The summed E-state index contributed by atoms with van der Waals surface area (Å²) in [7, 11) is 1.63. The van der Waals surface area contributed by atoms with Crippen molar-refractivity contribution < 1.29 is 9.47 Å². The molecule has 2 rings (SSSR count). The maximum Gasteiger partial charge on any atom is 0.162 e. The van der Waals surface area contributed by atoms with E-state index in [0.29, 0.717) is 24.0 Å². The number of rotatable bonds is 5. The highest BCUT2D eigenvalue weighted by Crippen LogP contribution is 2.30. The topological polar surface area (TPSA) is 31.4 Å². The second kappa shape index (κ2) is 6.26. The van der Waals surface area contributed by atoms with E-state index >= 15 is 0 Å². The molecule has 0 radical (unpaired) electrons. The third kappa shape index (κ3) is 3.39. The number of benzene rings is 1. The monoisotopic (exact) mass is 297 g/mol. The van der Waals surface area contributed by atoms with Crippen LogP contribution in [-0.4, -0.2) is 12.1 Å². The first-order valence-electron chi connectivity index (χ1n) is 5.92. The van der Waals surface area contributed by atoms with E-state index in [1.807, 2.05) is 25.1 Å². The molecular weight excluding hydrogens is 282 g/mol. The van der Waals surface area contributed by atoms with Crippen LogP contribution in [0.3, 0.4) is 0 Å². The van der Waals surface area contributed by atoms with Gasteiger partial charge in [-0.2, -0.15) is 0 Å². The molecule has 5 heteroatoms. The van der Waals surface area contributed by atoms with Crippen LogP contribution in [0.15, 0.2) is 18.2 Å². The van der Waals surface area contributed by atoms with E-state index < -0.39 is 0 Å². The van der Waals surface area contributed by atoms with Gasteiger partial charge in [-0.05, 0) is 31.5 Å². The van der Waals surface area contributed by atoms with Crippen molar-refractivity contribution in [2.24, 2.45) is 0 Å². The molecule has 0 fully saturated rings. The van der Waals surface area contributed by atoms with Crippen molar-refractivity contribution >= 4 is 22.9 Å². The minimum Gasteiger partial charge on any atom is -0.493 e. The lowest BCUT2D eigenvalue weighted by molar-refractivity contribution is 0.283. The molecular formula is C14H16ClNO2S. The van der Waals surface area contributed by atoms with Gasteiger partial charge in [-0.1, -0.05) is 6.07 Å². The van der Waals surface area contributed by atoms with Crippen LogP contribution in [0.4, 0.5) is 0 Å². The van der Waals surface area contributed by atoms with Gasteiger partial charge in [0.15, 0.2) is 11.5 Å². The molecule has 102 valence electrons. The average Bonchev–Trinajstić information content (AvgIpc) is 2.75. The first kappa shape index (κ1) is 14.2. The predicted octanol–water partition coefficient (Wildman–Crippen LogP) is 4.09. The summed E-state index contributed by atoms with van der Waals surface area (Å²) in [6, 6.07) is 5.70. The van der Waals surface area contributed by atoms with Crippen molar-refractivity contribution in [2.75, 3.05) is 7.11 Å². The third-order valence-electron chi connectivity index (χ3n) is 2.81. The molecule has 0 aliphatic heterocycles. The number of thiazole rings is 1. The van der Waals surface area contributed by atoms with Crippen molar-refractivity contribution in [2.45, 2.75) is 26.3 Å². The number of alkyl halides is 1. The van der Waals surface area contributed by atoms with E-state index in [0.717, 1.165) is 16.3 Å². The average molecular weight is 298 g/mol. The Hall–Kier alpha value is -1.26. The van der Waals surface area contributed by atoms with E-state index in [1.54, 1.807) is 18.4 Å². The summed E-state index contributed by atoms with van der Waals surface area (Å²) < 4.78 is 11.1. The smallest absolute Gasteiger partial charge is 0.162 e. The first-order valence-corrected chi connectivity index (χ1v) is 7.27. The lowest BCUT2D eigenvalue weighted by Crippen LogP contribution is -1.98. The Morgan fingerprint density at radius 2 is 2.05 bits per heavy atom. The van der Waals surface area contributed by atoms with Crippen LogP contribution in [0, 0.1) is 13.8 Å². The molecule has 0 unspecified atom stereocenters. The van der Waals surface area contributed by atoms with Crippen LogP contribution in [0.5, 0.6) is 11.5 Å². The van der Waals surface area contributed by atoms with E-state index in [2.05, 4.69) is 11.9 Å². The molecule has 0 bridgehead atoms. The first-order chi connectivity index (χ1) is 9.13. The predicted molar refractivity (Wildman–Crippen MR) is 78.5 cm³/mol. The van der Waals surface area contributed by atoms with Crippen LogP contribution in [0.1, 0.15) is 21.1 Å². The van der Waals surface area contributed by atoms with Crippen molar-refractivity contribution in [1.82, 2.24) is 4.98 Å². The van der Waals surface area contributed by atoms with E-state index in [-0.39, 0.29) is 0 Å². The number of ether oxygens (including phenoxy) is 2. The maximum absolute atomic E-state index is 5.83. The number of hydrogen-bond donors (Lipinski definition) is 0. The fourth-order valence-corrected chi connectivity index (χ4v) is 2.67. The van der Waals surface area contributed by atoms with Crippen LogP contribution in [0.2, 0.25) is 0 Å². The molecule has 0 aliphatic carbocycles. The summed E-state index contributed by atoms with van der Waals surface area (Å²) in [5.74, 6) is 1.86. The lowest BCUT2D eigenvalue weighted by Gasteiger charge is -2.10. The summed E-state index contributed by atoms with van der Waals surface area (Å²) in [5.41, 5.74) is 2.06. The molecule has 0 saturated heterocycles. The van der Waals surface area contributed by atoms with Crippen LogP contribution in [0.25, 0.3) is 0 Å². The zero-order valence-corrected chi connectivity index (χ0v) is 12.8. The van der Waals surface area contributed by atoms with Crippen molar-refractivity contribution in [3.05, 3.63) is 39.3 Å². The van der Waals surface area contributed by atoms with E-state index in [1.165, 1.54) is 4.88 Å². The summed E-state index contributed by atoms with van der Waals surface area (Å²) >= 11 is 7.48. The molecule has 1 heterocycles. The Morgan fingerprint density at radius 1 is 1.26 bits per heavy atom. The van der Waals surface area contributed by atoms with Crippen molar-refractivity contribution in [1.29, 1.82) is 0 Å². The summed E-state index contributed by atoms with van der Waals surface area (Å²) in [6.07, 6.45) is 0. The van der Waals surface area contributed by atoms with Gasteiger partial charge < -0.3 is 9.47 Å². The summed E-state index contributed by atoms with van der Waals surface area (Å²) in [5, 5.41) is 0.966. The minimum atomic E-state index is 0.446. The van der Waals surface area contributed by atoms with Gasteiger partial charge >= 0.3 is 0 Å². The van der Waals surface area contributed by atoms with Crippen LogP contribution >= 0.6 is 22.9 Å². The van der Waals surface area contributed by atoms with Gasteiger partial charge in [0.1, 0.15) is 11.6 Å². The number of nitrogens with zero attached hydrogens (tertiary/aromatic N) is 1. The Labute approximate surface area is 122 Å². The van der Waals surface area contributed by atoms with Gasteiger partial charge in [0, 0.05) is 10.8 Å². The molecule has 0 N–H and O–H groups in total. The largest absolute Gasteiger partial charge is 0.493 e. The third-order valence-corrected chi connectivity index (χ3v) is 4.16. The Bertz CT molecular complexity index is 549. The Morgan fingerprint density at radius 3 is 2.63 bits per heavy atom. The SMILES string of the molecule is COc1ccc(CCl)cc1OCc1nc(C)c(C)s1. The van der Waals surface area contributed by atoms with Gasteiger partial charge in [-0.15, -0.1) is 22.9 Å². The molecule has 1 aromatic carbocycles. The second-order valence-electron chi connectivity index (χ2n) is 4.16. The van der Waals surface area contributed by atoms with Gasteiger partial charge in [-0.3, -0.25) is 0 Å². The number of aromatic nitrogens is 1. The molecule has 0 aliphatic rings. The molecule has 0 spiro atoms. The molecule has 0 saturated carbocycles. The number of aryl methyl sites for hydroxylation is 2. The Kier molecular flexibility index (Phi) is 4.66. The van der Waals surface area contributed by atoms with Crippen molar-refractivity contribution in [3.8, 4) is 11.5 Å². The van der Waals surface area contributed by atoms with E-state index in [4.69, 9.17) is 21.1 Å². The standard InChI is InChI=1S/C14H16ClNO2S/c1-9-10(2)19-14(16-9)8-18-13-6-11(7-15)4-5-12(13)17-3/h4-6H,7-8H2,1-3H3. The van der Waals surface area contributed by atoms with Gasteiger partial charge in [0.2, 0.25) is 0 Å². The fraction of sp³-hybridized carbons (Fsp3) is 0.357. The fourth-order valence-electron chi connectivity index (χ4n) is 1.66. The highest BCUT2D eigenvalue weighted by Gasteiger charge is 2.08. The molecule has 2 aromatic rings. The lowest BCUT2D eigenvalue weighted by atomic mass is 10.2. The van der Waals surface area contributed by atoms with Gasteiger partial charge in [-0.25, -0.2) is 4.98 Å².